The van der Waals surface area contributed by atoms with E-state index in [4.69, 9.17) is 4.74 Å². The van der Waals surface area contributed by atoms with E-state index in [1.165, 1.54) is 5.56 Å². The van der Waals surface area contributed by atoms with E-state index in [0.717, 1.165) is 31.9 Å². The highest BCUT2D eigenvalue weighted by molar-refractivity contribution is 5.78. The lowest BCUT2D eigenvalue weighted by Gasteiger charge is -2.18. The van der Waals surface area contributed by atoms with Crippen molar-refractivity contribution in [3.63, 3.8) is 0 Å². The second-order valence-electron chi connectivity index (χ2n) is 6.49. The SMILES string of the molecule is CC(C)c1ccc(OCC(=O)N2C[C@H]3CNC[C@H]3C2)cc1. The molecule has 1 N–H and O–H groups in total. The van der Waals surface area contributed by atoms with Crippen LogP contribution in [0.15, 0.2) is 24.3 Å². The zero-order valence-corrected chi connectivity index (χ0v) is 12.8. The number of likely N-dealkylation sites (tertiary alicyclic amines) is 1. The minimum absolute atomic E-state index is 0.109. The first-order valence-electron chi connectivity index (χ1n) is 7.84. The van der Waals surface area contributed by atoms with Gasteiger partial charge in [-0.15, -0.1) is 0 Å². The van der Waals surface area contributed by atoms with Crippen LogP contribution >= 0.6 is 0 Å². The summed E-state index contributed by atoms with van der Waals surface area (Å²) < 4.78 is 5.63. The van der Waals surface area contributed by atoms with E-state index in [2.05, 4.69) is 31.3 Å². The number of nitrogens with zero attached hydrogens (tertiary/aromatic N) is 1. The Morgan fingerprint density at radius 3 is 2.43 bits per heavy atom. The van der Waals surface area contributed by atoms with Crippen molar-refractivity contribution >= 4 is 5.91 Å². The van der Waals surface area contributed by atoms with Gasteiger partial charge in [0.1, 0.15) is 5.75 Å². The van der Waals surface area contributed by atoms with E-state index in [1.54, 1.807) is 0 Å². The van der Waals surface area contributed by atoms with E-state index in [0.29, 0.717) is 17.8 Å². The quantitative estimate of drug-likeness (QED) is 0.919. The van der Waals surface area contributed by atoms with Gasteiger partial charge in [-0.25, -0.2) is 0 Å². The number of hydrogen-bond donors (Lipinski definition) is 1. The summed E-state index contributed by atoms with van der Waals surface area (Å²) in [5.41, 5.74) is 1.29. The van der Waals surface area contributed by atoms with Gasteiger partial charge in [0.2, 0.25) is 0 Å². The van der Waals surface area contributed by atoms with Crippen molar-refractivity contribution in [2.24, 2.45) is 11.8 Å². The average Bonchev–Trinajstić information content (AvgIpc) is 3.06. The first-order chi connectivity index (χ1) is 10.1. The molecule has 2 saturated heterocycles. The van der Waals surface area contributed by atoms with Gasteiger partial charge in [0.05, 0.1) is 0 Å². The maximum absolute atomic E-state index is 12.2. The fraction of sp³-hybridized carbons (Fsp3) is 0.588. The Morgan fingerprint density at radius 1 is 1.24 bits per heavy atom. The van der Waals surface area contributed by atoms with Gasteiger partial charge in [-0.05, 0) is 35.4 Å². The lowest BCUT2D eigenvalue weighted by molar-refractivity contribution is -0.132. The van der Waals surface area contributed by atoms with Crippen LogP contribution in [0.4, 0.5) is 0 Å². The van der Waals surface area contributed by atoms with Gasteiger partial charge in [-0.2, -0.15) is 0 Å². The molecule has 4 nitrogen and oxygen atoms in total. The third kappa shape index (κ3) is 3.21. The molecule has 2 heterocycles. The van der Waals surface area contributed by atoms with Crippen LogP contribution in [0.3, 0.4) is 0 Å². The van der Waals surface area contributed by atoms with Crippen LogP contribution in [0.1, 0.15) is 25.3 Å². The molecule has 2 atom stereocenters. The molecule has 0 spiro atoms. The van der Waals surface area contributed by atoms with Crippen molar-refractivity contribution in [3.05, 3.63) is 29.8 Å². The Kier molecular flexibility index (Phi) is 4.15. The maximum Gasteiger partial charge on any atom is 0.260 e. The van der Waals surface area contributed by atoms with E-state index in [9.17, 15) is 4.79 Å². The van der Waals surface area contributed by atoms with Crippen molar-refractivity contribution in [2.75, 3.05) is 32.8 Å². The summed E-state index contributed by atoms with van der Waals surface area (Å²) in [7, 11) is 0. The molecule has 3 rings (SSSR count). The number of hydrogen-bond acceptors (Lipinski definition) is 3. The molecule has 0 radical (unpaired) electrons. The number of nitrogens with one attached hydrogen (secondary N) is 1. The monoisotopic (exact) mass is 288 g/mol. The van der Waals surface area contributed by atoms with Crippen LogP contribution in [0.25, 0.3) is 0 Å². The highest BCUT2D eigenvalue weighted by atomic mass is 16.5. The van der Waals surface area contributed by atoms with Gasteiger partial charge < -0.3 is 15.0 Å². The predicted molar refractivity (Wildman–Crippen MR) is 82.5 cm³/mol. The van der Waals surface area contributed by atoms with E-state index in [-0.39, 0.29) is 12.5 Å². The molecule has 0 unspecified atom stereocenters. The Morgan fingerprint density at radius 2 is 1.86 bits per heavy atom. The van der Waals surface area contributed by atoms with Gasteiger partial charge in [0.25, 0.3) is 5.91 Å². The maximum atomic E-state index is 12.2. The molecule has 0 saturated carbocycles. The minimum atomic E-state index is 0.109. The Bertz CT molecular complexity index is 486. The number of carbonyl (C=O) groups is 1. The molecule has 2 fully saturated rings. The van der Waals surface area contributed by atoms with Crippen molar-refractivity contribution in [1.82, 2.24) is 10.2 Å². The third-order valence-corrected chi connectivity index (χ3v) is 4.65. The van der Waals surface area contributed by atoms with Gasteiger partial charge in [0.15, 0.2) is 6.61 Å². The van der Waals surface area contributed by atoms with Crippen LogP contribution in [0.5, 0.6) is 5.75 Å². The van der Waals surface area contributed by atoms with Crippen LogP contribution in [0.2, 0.25) is 0 Å². The molecule has 4 heteroatoms. The van der Waals surface area contributed by atoms with Gasteiger partial charge in [0, 0.05) is 26.2 Å². The van der Waals surface area contributed by atoms with E-state index >= 15 is 0 Å². The smallest absolute Gasteiger partial charge is 0.260 e. The van der Waals surface area contributed by atoms with Crippen molar-refractivity contribution in [3.8, 4) is 5.75 Å². The molecular formula is C17H24N2O2. The summed E-state index contributed by atoms with van der Waals surface area (Å²) >= 11 is 0. The lowest BCUT2D eigenvalue weighted by atomic mass is 10.0. The fourth-order valence-electron chi connectivity index (χ4n) is 3.24. The lowest BCUT2D eigenvalue weighted by Crippen LogP contribution is -2.35. The predicted octanol–water partition coefficient (Wildman–Crippen LogP) is 1.87. The van der Waals surface area contributed by atoms with Crippen LogP contribution < -0.4 is 10.1 Å². The molecule has 2 aliphatic rings. The highest BCUT2D eigenvalue weighted by Gasteiger charge is 2.37. The molecule has 0 bridgehead atoms. The second-order valence-corrected chi connectivity index (χ2v) is 6.49. The highest BCUT2D eigenvalue weighted by Crippen LogP contribution is 2.26. The number of amides is 1. The molecule has 114 valence electrons. The number of carbonyl (C=O) groups excluding carboxylic acids is 1. The Hall–Kier alpha value is -1.55. The zero-order valence-electron chi connectivity index (χ0n) is 12.8. The summed E-state index contributed by atoms with van der Waals surface area (Å²) in [5.74, 6) is 2.67. The molecule has 0 aromatic heterocycles. The summed E-state index contributed by atoms with van der Waals surface area (Å²) in [5, 5.41) is 3.39. The summed E-state index contributed by atoms with van der Waals surface area (Å²) in [6, 6.07) is 8.03. The minimum Gasteiger partial charge on any atom is -0.484 e. The molecule has 2 aliphatic heterocycles. The molecule has 1 amide bonds. The summed E-state index contributed by atoms with van der Waals surface area (Å²) in [6.45, 7) is 8.33. The average molecular weight is 288 g/mol. The van der Waals surface area contributed by atoms with Crippen LogP contribution in [-0.2, 0) is 4.79 Å². The van der Waals surface area contributed by atoms with E-state index < -0.39 is 0 Å². The number of ether oxygens (including phenoxy) is 1. The number of benzene rings is 1. The number of fused-ring (bicyclic) bond motifs is 1. The van der Waals surface area contributed by atoms with Crippen molar-refractivity contribution < 1.29 is 9.53 Å². The second kappa shape index (κ2) is 6.06. The van der Waals surface area contributed by atoms with Crippen molar-refractivity contribution in [1.29, 1.82) is 0 Å². The molecule has 0 aliphatic carbocycles. The Balaban J connectivity index is 1.49. The third-order valence-electron chi connectivity index (χ3n) is 4.65. The molecule has 1 aromatic rings. The normalized spacial score (nSPS) is 24.4. The van der Waals surface area contributed by atoms with Crippen LogP contribution in [-0.4, -0.2) is 43.6 Å². The fourth-order valence-corrected chi connectivity index (χ4v) is 3.24. The van der Waals surface area contributed by atoms with Gasteiger partial charge >= 0.3 is 0 Å². The first kappa shape index (κ1) is 14.4. The van der Waals surface area contributed by atoms with Gasteiger partial charge in [-0.3, -0.25) is 4.79 Å². The van der Waals surface area contributed by atoms with Crippen molar-refractivity contribution in [2.45, 2.75) is 19.8 Å². The number of rotatable bonds is 4. The van der Waals surface area contributed by atoms with Crippen LogP contribution in [0, 0.1) is 11.8 Å². The van der Waals surface area contributed by atoms with E-state index in [1.807, 2.05) is 17.0 Å². The Labute approximate surface area is 126 Å². The topological polar surface area (TPSA) is 41.6 Å². The molecular weight excluding hydrogens is 264 g/mol. The summed E-state index contributed by atoms with van der Waals surface area (Å²) in [6.07, 6.45) is 0. The zero-order chi connectivity index (χ0) is 14.8. The molecule has 1 aromatic carbocycles. The largest absolute Gasteiger partial charge is 0.484 e. The standard InChI is InChI=1S/C17H24N2O2/c1-12(2)13-3-5-16(6-4-13)21-11-17(20)19-9-14-7-18-8-15(14)10-19/h3-6,12,14-15,18H,7-11H2,1-2H3/t14-,15+. The first-order valence-corrected chi connectivity index (χ1v) is 7.84. The molecule has 21 heavy (non-hydrogen) atoms. The summed E-state index contributed by atoms with van der Waals surface area (Å²) in [4.78, 5) is 14.2. The van der Waals surface area contributed by atoms with Gasteiger partial charge in [-0.1, -0.05) is 26.0 Å².